The van der Waals surface area contributed by atoms with Crippen molar-refractivity contribution in [2.75, 3.05) is 6.61 Å². The fourth-order valence-corrected chi connectivity index (χ4v) is 1.28. The van der Waals surface area contributed by atoms with E-state index in [-0.39, 0.29) is 12.1 Å². The molecular formula is C14H18O3. The minimum Gasteiger partial charge on any atom is -0.491 e. The number of rotatable bonds is 5. The van der Waals surface area contributed by atoms with E-state index >= 15 is 0 Å². The summed E-state index contributed by atoms with van der Waals surface area (Å²) in [6.45, 7) is 6.14. The predicted molar refractivity (Wildman–Crippen MR) is 67.9 cm³/mol. The van der Waals surface area contributed by atoms with Crippen molar-refractivity contribution in [1.29, 1.82) is 0 Å². The molecule has 0 aliphatic heterocycles. The van der Waals surface area contributed by atoms with Crippen molar-refractivity contribution in [1.82, 2.24) is 0 Å². The van der Waals surface area contributed by atoms with Crippen LogP contribution in [0.5, 0.6) is 5.75 Å². The first-order valence-corrected chi connectivity index (χ1v) is 5.73. The van der Waals surface area contributed by atoms with E-state index in [0.717, 1.165) is 11.3 Å². The largest absolute Gasteiger partial charge is 0.491 e. The quantitative estimate of drug-likeness (QED) is 0.580. The SMILES string of the molecule is CCOC(=O)/C=C/c1ccc(OC(C)C)cc1. The molecule has 1 aromatic carbocycles. The molecule has 0 aliphatic rings. The summed E-state index contributed by atoms with van der Waals surface area (Å²) >= 11 is 0. The van der Waals surface area contributed by atoms with E-state index in [1.54, 1.807) is 13.0 Å². The third-order valence-corrected chi connectivity index (χ3v) is 1.95. The van der Waals surface area contributed by atoms with Gasteiger partial charge in [0, 0.05) is 6.08 Å². The average molecular weight is 234 g/mol. The van der Waals surface area contributed by atoms with E-state index in [0.29, 0.717) is 6.61 Å². The second kappa shape index (κ2) is 6.74. The third kappa shape index (κ3) is 5.20. The van der Waals surface area contributed by atoms with Gasteiger partial charge in [0.25, 0.3) is 0 Å². The van der Waals surface area contributed by atoms with Crippen LogP contribution < -0.4 is 4.74 Å². The van der Waals surface area contributed by atoms with Crippen molar-refractivity contribution in [3.8, 4) is 5.75 Å². The third-order valence-electron chi connectivity index (χ3n) is 1.95. The van der Waals surface area contributed by atoms with Gasteiger partial charge in [-0.2, -0.15) is 0 Å². The van der Waals surface area contributed by atoms with Gasteiger partial charge in [-0.3, -0.25) is 0 Å². The first-order chi connectivity index (χ1) is 8.11. The molecule has 0 fully saturated rings. The van der Waals surface area contributed by atoms with Crippen molar-refractivity contribution >= 4 is 12.0 Å². The van der Waals surface area contributed by atoms with E-state index in [9.17, 15) is 4.79 Å². The lowest BCUT2D eigenvalue weighted by molar-refractivity contribution is -0.137. The molecule has 0 amide bonds. The Bertz CT molecular complexity index is 377. The summed E-state index contributed by atoms with van der Waals surface area (Å²) < 4.78 is 10.3. The number of hydrogen-bond donors (Lipinski definition) is 0. The summed E-state index contributed by atoms with van der Waals surface area (Å²) in [5, 5.41) is 0. The molecule has 3 heteroatoms. The first-order valence-electron chi connectivity index (χ1n) is 5.73. The van der Waals surface area contributed by atoms with Gasteiger partial charge in [-0.1, -0.05) is 12.1 Å². The normalized spacial score (nSPS) is 10.8. The summed E-state index contributed by atoms with van der Waals surface area (Å²) in [6.07, 6.45) is 3.30. The number of hydrogen-bond acceptors (Lipinski definition) is 3. The van der Waals surface area contributed by atoms with Crippen molar-refractivity contribution in [2.24, 2.45) is 0 Å². The Morgan fingerprint density at radius 2 is 1.94 bits per heavy atom. The van der Waals surface area contributed by atoms with Crippen LogP contribution in [0.1, 0.15) is 26.3 Å². The lowest BCUT2D eigenvalue weighted by Crippen LogP contribution is -2.05. The minimum atomic E-state index is -0.324. The van der Waals surface area contributed by atoms with Crippen LogP contribution in [0.4, 0.5) is 0 Å². The van der Waals surface area contributed by atoms with Crippen LogP contribution in [0.25, 0.3) is 6.08 Å². The van der Waals surface area contributed by atoms with Gasteiger partial charge in [0.1, 0.15) is 5.75 Å². The maximum atomic E-state index is 11.1. The van der Waals surface area contributed by atoms with Gasteiger partial charge in [-0.25, -0.2) is 4.79 Å². The summed E-state index contributed by atoms with van der Waals surface area (Å²) in [7, 11) is 0. The number of carbonyl (C=O) groups is 1. The topological polar surface area (TPSA) is 35.5 Å². The van der Waals surface area contributed by atoms with Gasteiger partial charge in [-0.05, 0) is 44.5 Å². The highest BCUT2D eigenvalue weighted by molar-refractivity contribution is 5.87. The number of ether oxygens (including phenoxy) is 2. The molecule has 1 rings (SSSR count). The summed E-state index contributed by atoms with van der Waals surface area (Å²) in [5.74, 6) is 0.503. The molecule has 0 N–H and O–H groups in total. The smallest absolute Gasteiger partial charge is 0.330 e. The second-order valence-electron chi connectivity index (χ2n) is 3.82. The highest BCUT2D eigenvalue weighted by Gasteiger charge is 1.97. The standard InChI is InChI=1S/C14H18O3/c1-4-16-14(15)10-7-12-5-8-13(9-6-12)17-11(2)3/h5-11H,4H2,1-3H3/b10-7+. The van der Waals surface area contributed by atoms with Gasteiger partial charge in [0.2, 0.25) is 0 Å². The molecule has 0 heterocycles. The molecular weight excluding hydrogens is 216 g/mol. The molecule has 92 valence electrons. The Kier molecular flexibility index (Phi) is 5.27. The molecule has 0 aromatic heterocycles. The molecule has 1 aromatic rings. The summed E-state index contributed by atoms with van der Waals surface area (Å²) in [6, 6.07) is 7.55. The Morgan fingerprint density at radius 1 is 1.29 bits per heavy atom. The van der Waals surface area contributed by atoms with E-state index in [1.165, 1.54) is 6.08 Å². The number of esters is 1. The summed E-state index contributed by atoms with van der Waals surface area (Å²) in [4.78, 5) is 11.1. The zero-order valence-electron chi connectivity index (χ0n) is 10.5. The second-order valence-corrected chi connectivity index (χ2v) is 3.82. The molecule has 0 spiro atoms. The zero-order valence-corrected chi connectivity index (χ0v) is 10.5. The maximum Gasteiger partial charge on any atom is 0.330 e. The Labute approximate surface area is 102 Å². The lowest BCUT2D eigenvalue weighted by Gasteiger charge is -2.09. The Balaban J connectivity index is 2.59. The molecule has 3 nitrogen and oxygen atoms in total. The van der Waals surface area contributed by atoms with Gasteiger partial charge in [-0.15, -0.1) is 0 Å². The van der Waals surface area contributed by atoms with Crippen LogP contribution in [0.15, 0.2) is 30.3 Å². The van der Waals surface area contributed by atoms with Gasteiger partial charge >= 0.3 is 5.97 Å². The molecule has 0 unspecified atom stereocenters. The number of benzene rings is 1. The molecule has 0 saturated heterocycles. The van der Waals surface area contributed by atoms with Crippen LogP contribution in [-0.2, 0) is 9.53 Å². The van der Waals surface area contributed by atoms with Crippen molar-refractivity contribution in [2.45, 2.75) is 26.9 Å². The monoisotopic (exact) mass is 234 g/mol. The average Bonchev–Trinajstić information content (AvgIpc) is 2.28. The molecule has 0 atom stereocenters. The van der Waals surface area contributed by atoms with E-state index < -0.39 is 0 Å². The predicted octanol–water partition coefficient (Wildman–Crippen LogP) is 3.05. The molecule has 0 saturated carbocycles. The van der Waals surface area contributed by atoms with E-state index in [4.69, 9.17) is 9.47 Å². The van der Waals surface area contributed by atoms with Crippen LogP contribution in [0.2, 0.25) is 0 Å². The maximum absolute atomic E-state index is 11.1. The van der Waals surface area contributed by atoms with Gasteiger partial charge in [0.15, 0.2) is 0 Å². The van der Waals surface area contributed by atoms with E-state index in [2.05, 4.69) is 0 Å². The molecule has 0 aliphatic carbocycles. The fourth-order valence-electron chi connectivity index (χ4n) is 1.28. The zero-order chi connectivity index (χ0) is 12.7. The Morgan fingerprint density at radius 3 is 2.47 bits per heavy atom. The van der Waals surface area contributed by atoms with E-state index in [1.807, 2.05) is 38.1 Å². The Hall–Kier alpha value is -1.77. The van der Waals surface area contributed by atoms with Crippen molar-refractivity contribution in [3.05, 3.63) is 35.9 Å². The van der Waals surface area contributed by atoms with Crippen LogP contribution in [0.3, 0.4) is 0 Å². The molecule has 0 radical (unpaired) electrons. The van der Waals surface area contributed by atoms with Crippen LogP contribution in [0, 0.1) is 0 Å². The minimum absolute atomic E-state index is 0.163. The van der Waals surface area contributed by atoms with Gasteiger partial charge in [0.05, 0.1) is 12.7 Å². The van der Waals surface area contributed by atoms with Crippen molar-refractivity contribution < 1.29 is 14.3 Å². The summed E-state index contributed by atoms with van der Waals surface area (Å²) in [5.41, 5.74) is 0.939. The molecule has 0 bridgehead atoms. The highest BCUT2D eigenvalue weighted by atomic mass is 16.5. The first kappa shape index (κ1) is 13.3. The molecule has 17 heavy (non-hydrogen) atoms. The number of carbonyl (C=O) groups excluding carboxylic acids is 1. The van der Waals surface area contributed by atoms with Crippen LogP contribution >= 0.6 is 0 Å². The lowest BCUT2D eigenvalue weighted by atomic mass is 10.2. The van der Waals surface area contributed by atoms with Gasteiger partial charge < -0.3 is 9.47 Å². The fraction of sp³-hybridized carbons (Fsp3) is 0.357. The van der Waals surface area contributed by atoms with Crippen LogP contribution in [-0.4, -0.2) is 18.7 Å². The van der Waals surface area contributed by atoms with Crippen molar-refractivity contribution in [3.63, 3.8) is 0 Å². The highest BCUT2D eigenvalue weighted by Crippen LogP contribution is 2.14.